The molecular formula is C17H15FN4O2S. The molecule has 8 heteroatoms. The van der Waals surface area contributed by atoms with E-state index in [4.69, 9.17) is 4.52 Å². The van der Waals surface area contributed by atoms with E-state index in [1.54, 1.807) is 25.1 Å². The standard InChI is InChI=1S/C17H15FN4O2S/c1-3-19-17(23)14-9-21-15(25-14)7-5-12-10(2)24-22-16(12)13-6-4-11(18)8-20-13/h4-9H,3H2,1-2H3,(H,19,23)/b7-5+. The lowest BCUT2D eigenvalue weighted by Gasteiger charge is -1.97. The highest BCUT2D eigenvalue weighted by Crippen LogP contribution is 2.26. The Balaban J connectivity index is 1.86. The van der Waals surface area contributed by atoms with Crippen molar-refractivity contribution >= 4 is 29.4 Å². The third-order valence-corrected chi connectivity index (χ3v) is 4.32. The van der Waals surface area contributed by atoms with Crippen molar-refractivity contribution in [2.24, 2.45) is 0 Å². The van der Waals surface area contributed by atoms with Gasteiger partial charge in [0.25, 0.3) is 5.91 Å². The summed E-state index contributed by atoms with van der Waals surface area (Å²) in [4.78, 5) is 20.6. The third kappa shape index (κ3) is 3.80. The van der Waals surface area contributed by atoms with Gasteiger partial charge in [0.1, 0.15) is 27.2 Å². The molecule has 0 saturated carbocycles. The summed E-state index contributed by atoms with van der Waals surface area (Å²) in [5.41, 5.74) is 1.77. The Kier molecular flexibility index (Phi) is 4.99. The number of rotatable bonds is 5. The number of amides is 1. The fourth-order valence-electron chi connectivity index (χ4n) is 2.15. The van der Waals surface area contributed by atoms with Crippen molar-refractivity contribution in [2.45, 2.75) is 13.8 Å². The molecule has 0 aliphatic rings. The minimum absolute atomic E-state index is 0.142. The summed E-state index contributed by atoms with van der Waals surface area (Å²) in [6.45, 7) is 4.21. The van der Waals surface area contributed by atoms with Crippen LogP contribution in [0.5, 0.6) is 0 Å². The normalized spacial score (nSPS) is 11.2. The largest absolute Gasteiger partial charge is 0.360 e. The minimum Gasteiger partial charge on any atom is -0.360 e. The van der Waals surface area contributed by atoms with Crippen LogP contribution in [0.15, 0.2) is 29.0 Å². The summed E-state index contributed by atoms with van der Waals surface area (Å²) in [5.74, 6) is 0.0524. The Morgan fingerprint density at radius 1 is 1.32 bits per heavy atom. The molecule has 0 fully saturated rings. The second-order valence-corrected chi connectivity index (χ2v) is 6.18. The molecule has 3 aromatic heterocycles. The zero-order valence-electron chi connectivity index (χ0n) is 13.6. The van der Waals surface area contributed by atoms with Crippen LogP contribution < -0.4 is 5.32 Å². The lowest BCUT2D eigenvalue weighted by molar-refractivity contribution is 0.0959. The predicted octanol–water partition coefficient (Wildman–Crippen LogP) is 3.56. The molecule has 0 aliphatic carbocycles. The zero-order valence-corrected chi connectivity index (χ0v) is 14.4. The van der Waals surface area contributed by atoms with E-state index in [2.05, 4.69) is 20.4 Å². The molecule has 0 atom stereocenters. The summed E-state index contributed by atoms with van der Waals surface area (Å²) in [7, 11) is 0. The monoisotopic (exact) mass is 358 g/mol. The maximum atomic E-state index is 13.0. The van der Waals surface area contributed by atoms with E-state index in [-0.39, 0.29) is 5.91 Å². The van der Waals surface area contributed by atoms with Crippen LogP contribution in [-0.4, -0.2) is 27.6 Å². The summed E-state index contributed by atoms with van der Waals surface area (Å²) >= 11 is 1.29. The maximum Gasteiger partial charge on any atom is 0.263 e. The van der Waals surface area contributed by atoms with Crippen LogP contribution in [0.3, 0.4) is 0 Å². The second kappa shape index (κ2) is 7.35. The van der Waals surface area contributed by atoms with Crippen molar-refractivity contribution in [2.75, 3.05) is 6.54 Å². The Morgan fingerprint density at radius 2 is 2.16 bits per heavy atom. The van der Waals surface area contributed by atoms with Crippen molar-refractivity contribution in [1.29, 1.82) is 0 Å². The van der Waals surface area contributed by atoms with Crippen LogP contribution >= 0.6 is 11.3 Å². The summed E-state index contributed by atoms with van der Waals surface area (Å²) < 4.78 is 18.3. The molecule has 0 saturated heterocycles. The lowest BCUT2D eigenvalue weighted by Crippen LogP contribution is -2.21. The number of carbonyl (C=O) groups is 1. The Labute approximate surface area is 147 Å². The summed E-state index contributed by atoms with van der Waals surface area (Å²) in [5, 5.41) is 7.41. The van der Waals surface area contributed by atoms with Crippen LogP contribution in [0, 0.1) is 12.7 Å². The quantitative estimate of drug-likeness (QED) is 0.754. The molecule has 3 heterocycles. The van der Waals surface area contributed by atoms with Gasteiger partial charge < -0.3 is 9.84 Å². The van der Waals surface area contributed by atoms with Gasteiger partial charge in [-0.2, -0.15) is 0 Å². The molecule has 1 amide bonds. The van der Waals surface area contributed by atoms with Crippen LogP contribution in [0.1, 0.15) is 32.9 Å². The summed E-state index contributed by atoms with van der Waals surface area (Å²) in [6, 6.07) is 2.86. The number of aromatic nitrogens is 3. The first kappa shape index (κ1) is 17.0. The molecule has 6 nitrogen and oxygen atoms in total. The number of aryl methyl sites for hydroxylation is 1. The van der Waals surface area contributed by atoms with Crippen molar-refractivity contribution in [1.82, 2.24) is 20.4 Å². The third-order valence-electron chi connectivity index (χ3n) is 3.36. The maximum absolute atomic E-state index is 13.0. The molecule has 0 aromatic carbocycles. The van der Waals surface area contributed by atoms with Gasteiger partial charge in [-0.05, 0) is 38.1 Å². The van der Waals surface area contributed by atoms with E-state index in [9.17, 15) is 9.18 Å². The SMILES string of the molecule is CCNC(=O)c1cnc(/C=C/c2c(-c3ccc(F)cn3)noc2C)s1. The van der Waals surface area contributed by atoms with E-state index in [0.29, 0.717) is 33.6 Å². The van der Waals surface area contributed by atoms with Crippen LogP contribution in [0.2, 0.25) is 0 Å². The van der Waals surface area contributed by atoms with E-state index in [0.717, 1.165) is 11.8 Å². The number of halogens is 1. The smallest absolute Gasteiger partial charge is 0.263 e. The van der Waals surface area contributed by atoms with Gasteiger partial charge in [-0.3, -0.25) is 9.78 Å². The summed E-state index contributed by atoms with van der Waals surface area (Å²) in [6.07, 6.45) is 6.25. The number of carbonyl (C=O) groups excluding carboxylic acids is 1. The van der Waals surface area contributed by atoms with Crippen molar-refractivity contribution in [3.63, 3.8) is 0 Å². The second-order valence-electron chi connectivity index (χ2n) is 5.12. The molecule has 1 N–H and O–H groups in total. The van der Waals surface area contributed by atoms with E-state index < -0.39 is 5.82 Å². The number of nitrogens with one attached hydrogen (secondary N) is 1. The lowest BCUT2D eigenvalue weighted by atomic mass is 10.1. The molecule has 128 valence electrons. The highest BCUT2D eigenvalue weighted by Gasteiger charge is 2.14. The number of hydrogen-bond donors (Lipinski definition) is 1. The minimum atomic E-state index is -0.415. The molecule has 0 spiro atoms. The number of thiazole rings is 1. The zero-order chi connectivity index (χ0) is 17.8. The van der Waals surface area contributed by atoms with Gasteiger partial charge in [0.15, 0.2) is 0 Å². The van der Waals surface area contributed by atoms with Gasteiger partial charge in [0.05, 0.1) is 18.1 Å². The molecule has 3 aromatic rings. The van der Waals surface area contributed by atoms with Crippen LogP contribution in [0.25, 0.3) is 23.5 Å². The average Bonchev–Trinajstić information content (AvgIpc) is 3.21. The first-order valence-electron chi connectivity index (χ1n) is 7.58. The van der Waals surface area contributed by atoms with Gasteiger partial charge in [-0.15, -0.1) is 11.3 Å². The Morgan fingerprint density at radius 3 is 2.88 bits per heavy atom. The fraction of sp³-hybridized carbons (Fsp3) is 0.176. The Bertz CT molecular complexity index is 915. The number of pyridine rings is 1. The fourth-order valence-corrected chi connectivity index (χ4v) is 2.89. The van der Waals surface area contributed by atoms with E-state index in [1.165, 1.54) is 23.6 Å². The predicted molar refractivity (Wildman–Crippen MR) is 93.5 cm³/mol. The Hall–Kier alpha value is -2.87. The van der Waals surface area contributed by atoms with Gasteiger partial charge in [0.2, 0.25) is 0 Å². The number of nitrogens with zero attached hydrogens (tertiary/aromatic N) is 3. The molecule has 0 radical (unpaired) electrons. The molecule has 0 bridgehead atoms. The van der Waals surface area contributed by atoms with Crippen LogP contribution in [-0.2, 0) is 0 Å². The first-order chi connectivity index (χ1) is 12.1. The van der Waals surface area contributed by atoms with E-state index in [1.807, 2.05) is 6.92 Å². The highest BCUT2D eigenvalue weighted by molar-refractivity contribution is 7.14. The highest BCUT2D eigenvalue weighted by atomic mass is 32.1. The van der Waals surface area contributed by atoms with Crippen molar-refractivity contribution < 1.29 is 13.7 Å². The van der Waals surface area contributed by atoms with Gasteiger partial charge in [-0.25, -0.2) is 9.37 Å². The van der Waals surface area contributed by atoms with Crippen molar-refractivity contribution in [3.8, 4) is 11.4 Å². The average molecular weight is 358 g/mol. The first-order valence-corrected chi connectivity index (χ1v) is 8.40. The molecule has 3 rings (SSSR count). The molecular weight excluding hydrogens is 343 g/mol. The van der Waals surface area contributed by atoms with Gasteiger partial charge in [0, 0.05) is 12.1 Å². The van der Waals surface area contributed by atoms with Gasteiger partial charge >= 0.3 is 0 Å². The number of hydrogen-bond acceptors (Lipinski definition) is 6. The van der Waals surface area contributed by atoms with Crippen LogP contribution in [0.4, 0.5) is 4.39 Å². The topological polar surface area (TPSA) is 80.9 Å². The van der Waals surface area contributed by atoms with E-state index >= 15 is 0 Å². The van der Waals surface area contributed by atoms with Crippen molar-refractivity contribution in [3.05, 3.63) is 51.6 Å². The molecule has 0 unspecified atom stereocenters. The molecule has 0 aliphatic heterocycles. The van der Waals surface area contributed by atoms with Gasteiger partial charge in [-0.1, -0.05) is 5.16 Å². The molecule has 25 heavy (non-hydrogen) atoms.